The van der Waals surface area contributed by atoms with Gasteiger partial charge in [0.2, 0.25) is 5.91 Å². The molecule has 126 valence electrons. The molecule has 3 heteroatoms. The van der Waals surface area contributed by atoms with Crippen LogP contribution in [0.4, 0.5) is 0 Å². The Balaban J connectivity index is 1.73. The second-order valence-corrected chi connectivity index (χ2v) is 6.70. The summed E-state index contributed by atoms with van der Waals surface area (Å²) >= 11 is 0. The van der Waals surface area contributed by atoms with Gasteiger partial charge < -0.3 is 10.2 Å². The Bertz CT molecular complexity index is 641. The van der Waals surface area contributed by atoms with Crippen LogP contribution in [0.1, 0.15) is 30.4 Å². The van der Waals surface area contributed by atoms with Crippen LogP contribution in [0.2, 0.25) is 0 Å². The minimum absolute atomic E-state index is 0.228. The highest BCUT2D eigenvalue weighted by atomic mass is 16.2. The van der Waals surface area contributed by atoms with Crippen LogP contribution in [0, 0.1) is 0 Å². The van der Waals surface area contributed by atoms with E-state index in [-0.39, 0.29) is 11.8 Å². The summed E-state index contributed by atoms with van der Waals surface area (Å²) in [5.41, 5.74) is 2.53. The average Bonchev–Trinajstić information content (AvgIpc) is 2.63. The van der Waals surface area contributed by atoms with Crippen molar-refractivity contribution in [3.05, 3.63) is 71.8 Å². The van der Waals surface area contributed by atoms with E-state index >= 15 is 0 Å². The van der Waals surface area contributed by atoms with E-state index in [0.717, 1.165) is 26.1 Å². The number of carbonyl (C=O) groups is 1. The van der Waals surface area contributed by atoms with Gasteiger partial charge in [-0.1, -0.05) is 60.7 Å². The molecule has 1 saturated heterocycles. The molecule has 2 aromatic rings. The summed E-state index contributed by atoms with van der Waals surface area (Å²) in [4.78, 5) is 14.8. The third kappa shape index (κ3) is 4.45. The third-order valence-corrected chi connectivity index (χ3v) is 4.74. The van der Waals surface area contributed by atoms with Crippen molar-refractivity contribution in [3.63, 3.8) is 0 Å². The molecule has 1 N–H and O–H groups in total. The molecule has 2 unspecified atom stereocenters. The van der Waals surface area contributed by atoms with Gasteiger partial charge in [0.25, 0.3) is 0 Å². The van der Waals surface area contributed by atoms with E-state index < -0.39 is 0 Å². The fourth-order valence-electron chi connectivity index (χ4n) is 3.43. The molecule has 1 amide bonds. The van der Waals surface area contributed by atoms with Crippen molar-refractivity contribution in [2.45, 2.75) is 31.7 Å². The lowest BCUT2D eigenvalue weighted by molar-refractivity contribution is -0.132. The number of piperazine rings is 1. The first-order valence-corrected chi connectivity index (χ1v) is 8.82. The number of hydrogen-bond acceptors (Lipinski definition) is 2. The molecule has 2 atom stereocenters. The van der Waals surface area contributed by atoms with E-state index in [1.165, 1.54) is 11.1 Å². The van der Waals surface area contributed by atoms with Crippen molar-refractivity contribution in [2.24, 2.45) is 0 Å². The van der Waals surface area contributed by atoms with Crippen LogP contribution in [-0.4, -0.2) is 36.5 Å². The van der Waals surface area contributed by atoms with Crippen molar-refractivity contribution < 1.29 is 4.79 Å². The van der Waals surface area contributed by atoms with E-state index in [4.69, 9.17) is 0 Å². The second kappa shape index (κ2) is 8.11. The van der Waals surface area contributed by atoms with Gasteiger partial charge in [-0.3, -0.25) is 4.79 Å². The van der Waals surface area contributed by atoms with E-state index in [1.807, 2.05) is 17.0 Å². The Morgan fingerprint density at radius 3 is 2.46 bits per heavy atom. The molecule has 2 aromatic carbocycles. The predicted octanol–water partition coefficient (Wildman–Crippen LogP) is 3.22. The van der Waals surface area contributed by atoms with Gasteiger partial charge in [0.15, 0.2) is 0 Å². The Labute approximate surface area is 144 Å². The first-order chi connectivity index (χ1) is 11.7. The lowest BCUT2D eigenvalue weighted by Crippen LogP contribution is -2.51. The molecule has 3 nitrogen and oxygen atoms in total. The van der Waals surface area contributed by atoms with Crippen molar-refractivity contribution in [2.75, 3.05) is 19.6 Å². The first kappa shape index (κ1) is 16.7. The molecular weight excluding hydrogens is 296 g/mol. The Morgan fingerprint density at radius 2 is 1.79 bits per heavy atom. The lowest BCUT2D eigenvalue weighted by atomic mass is 9.88. The molecule has 0 radical (unpaired) electrons. The minimum Gasteiger partial charge on any atom is -0.340 e. The van der Waals surface area contributed by atoms with Gasteiger partial charge in [-0.05, 0) is 30.4 Å². The highest BCUT2D eigenvalue weighted by Gasteiger charge is 2.24. The molecule has 1 fully saturated rings. The van der Waals surface area contributed by atoms with E-state index in [1.54, 1.807) is 0 Å². The molecule has 0 saturated carbocycles. The van der Waals surface area contributed by atoms with Gasteiger partial charge in [0.05, 0.1) is 0 Å². The van der Waals surface area contributed by atoms with Crippen LogP contribution < -0.4 is 5.32 Å². The molecule has 1 aliphatic rings. The predicted molar refractivity (Wildman–Crippen MR) is 98.0 cm³/mol. The van der Waals surface area contributed by atoms with Crippen molar-refractivity contribution in [3.8, 4) is 0 Å². The van der Waals surface area contributed by atoms with Crippen LogP contribution in [-0.2, 0) is 11.2 Å². The Morgan fingerprint density at radius 1 is 1.12 bits per heavy atom. The van der Waals surface area contributed by atoms with Crippen LogP contribution in [0.15, 0.2) is 60.7 Å². The summed E-state index contributed by atoms with van der Waals surface area (Å²) in [7, 11) is 0. The third-order valence-electron chi connectivity index (χ3n) is 4.74. The normalized spacial score (nSPS) is 19.0. The van der Waals surface area contributed by atoms with Crippen LogP contribution in [0.5, 0.6) is 0 Å². The molecule has 24 heavy (non-hydrogen) atoms. The molecule has 1 aliphatic heterocycles. The maximum atomic E-state index is 12.8. The summed E-state index contributed by atoms with van der Waals surface area (Å²) in [6, 6.07) is 21.3. The number of carbonyl (C=O) groups excluding carboxylic acids is 1. The quantitative estimate of drug-likeness (QED) is 0.917. The molecule has 1 heterocycles. The lowest BCUT2D eigenvalue weighted by Gasteiger charge is -2.33. The molecule has 0 spiro atoms. The van der Waals surface area contributed by atoms with Crippen LogP contribution in [0.3, 0.4) is 0 Å². The summed E-state index contributed by atoms with van der Waals surface area (Å²) in [5, 5.41) is 3.40. The highest BCUT2D eigenvalue weighted by Crippen LogP contribution is 2.25. The minimum atomic E-state index is 0.228. The Kier molecular flexibility index (Phi) is 5.65. The maximum Gasteiger partial charge on any atom is 0.223 e. The van der Waals surface area contributed by atoms with Gasteiger partial charge in [-0.15, -0.1) is 0 Å². The number of rotatable bonds is 5. The monoisotopic (exact) mass is 322 g/mol. The number of benzene rings is 2. The van der Waals surface area contributed by atoms with Crippen molar-refractivity contribution in [1.82, 2.24) is 10.2 Å². The van der Waals surface area contributed by atoms with Gasteiger partial charge >= 0.3 is 0 Å². The van der Waals surface area contributed by atoms with Gasteiger partial charge in [0.1, 0.15) is 0 Å². The van der Waals surface area contributed by atoms with Crippen LogP contribution >= 0.6 is 0 Å². The topological polar surface area (TPSA) is 32.3 Å². The summed E-state index contributed by atoms with van der Waals surface area (Å²) in [6.45, 7) is 4.65. The Hall–Kier alpha value is -2.13. The average molecular weight is 322 g/mol. The maximum absolute atomic E-state index is 12.8. The van der Waals surface area contributed by atoms with E-state index in [2.05, 4.69) is 60.8 Å². The second-order valence-electron chi connectivity index (χ2n) is 6.70. The van der Waals surface area contributed by atoms with Crippen LogP contribution in [0.25, 0.3) is 0 Å². The van der Waals surface area contributed by atoms with Crippen molar-refractivity contribution >= 4 is 5.91 Å². The fraction of sp³-hybridized carbons (Fsp3) is 0.381. The molecule has 0 aromatic heterocycles. The number of nitrogens with zero attached hydrogens (tertiary/aromatic N) is 1. The zero-order chi connectivity index (χ0) is 16.8. The zero-order valence-corrected chi connectivity index (χ0v) is 14.3. The SMILES string of the molecule is CC1CN(C(=O)CC(Cc2ccccc2)c2ccccc2)CCN1. The number of amides is 1. The summed E-state index contributed by atoms with van der Waals surface area (Å²) in [5.74, 6) is 0.499. The largest absolute Gasteiger partial charge is 0.340 e. The molecule has 3 rings (SSSR count). The first-order valence-electron chi connectivity index (χ1n) is 8.82. The summed E-state index contributed by atoms with van der Waals surface area (Å²) in [6.07, 6.45) is 1.48. The smallest absolute Gasteiger partial charge is 0.223 e. The van der Waals surface area contributed by atoms with Gasteiger partial charge in [0, 0.05) is 32.1 Å². The fourth-order valence-corrected chi connectivity index (χ4v) is 3.43. The zero-order valence-electron chi connectivity index (χ0n) is 14.3. The molecular formula is C21H26N2O. The molecule has 0 aliphatic carbocycles. The number of hydrogen-bond donors (Lipinski definition) is 1. The van der Waals surface area contributed by atoms with Gasteiger partial charge in [-0.2, -0.15) is 0 Å². The van der Waals surface area contributed by atoms with E-state index in [9.17, 15) is 4.79 Å². The number of nitrogens with one attached hydrogen (secondary N) is 1. The standard InChI is InChI=1S/C21H26N2O/c1-17-16-23(13-12-22-17)21(24)15-20(19-10-6-3-7-11-19)14-18-8-4-2-5-9-18/h2-11,17,20,22H,12-16H2,1H3. The summed E-state index contributed by atoms with van der Waals surface area (Å²) < 4.78 is 0. The van der Waals surface area contributed by atoms with Crippen molar-refractivity contribution in [1.29, 1.82) is 0 Å². The highest BCUT2D eigenvalue weighted by molar-refractivity contribution is 5.77. The molecule has 0 bridgehead atoms. The van der Waals surface area contributed by atoms with Gasteiger partial charge in [-0.25, -0.2) is 0 Å². The van der Waals surface area contributed by atoms with E-state index in [0.29, 0.717) is 12.5 Å².